The molecule has 4 heteroatoms. The summed E-state index contributed by atoms with van der Waals surface area (Å²) in [5, 5.41) is 0. The topological polar surface area (TPSA) is 9.72 Å². The van der Waals surface area contributed by atoms with E-state index in [1.807, 2.05) is 12.1 Å². The molecule has 0 saturated carbocycles. The molecule has 0 spiro atoms. The second-order valence-corrected chi connectivity index (χ2v) is 22.7. The maximum absolute atomic E-state index is 9.27. The lowest BCUT2D eigenvalue weighted by Gasteiger charge is -2.48. The summed E-state index contributed by atoms with van der Waals surface area (Å²) in [6, 6.07) is 72.3. The zero-order valence-electron chi connectivity index (χ0n) is 45.9. The minimum Gasteiger partial charge on any atom is -0.311 e. The van der Waals surface area contributed by atoms with E-state index >= 15 is 0 Å². The summed E-state index contributed by atoms with van der Waals surface area (Å²) in [7, 11) is 0. The van der Waals surface area contributed by atoms with Crippen LogP contribution in [-0.2, 0) is 16.2 Å². The first kappa shape index (κ1) is 42.2. The largest absolute Gasteiger partial charge is 0.311 e. The quantitative estimate of drug-likeness (QED) is 0.147. The molecule has 9 aromatic rings. The molecule has 12 rings (SSSR count). The summed E-state index contributed by atoms with van der Waals surface area (Å²) in [6.45, 7) is 16.0. The molecule has 354 valence electrons. The van der Waals surface area contributed by atoms with Crippen LogP contribution >= 0.6 is 0 Å². The molecule has 0 amide bonds. The monoisotopic (exact) mass is 937 g/mol. The van der Waals surface area contributed by atoms with Crippen LogP contribution in [-0.4, -0.2) is 6.71 Å². The van der Waals surface area contributed by atoms with Crippen molar-refractivity contribution in [3.8, 4) is 22.3 Å². The molecular weight excluding hydrogens is 870 g/mol. The number of hydrogen-bond acceptors (Lipinski definition) is 3. The Morgan fingerprint density at radius 1 is 0.472 bits per heavy atom. The number of hydrogen-bond donors (Lipinski definition) is 0. The smallest absolute Gasteiger partial charge is 0.252 e. The van der Waals surface area contributed by atoms with Crippen molar-refractivity contribution in [2.24, 2.45) is 0 Å². The van der Waals surface area contributed by atoms with Gasteiger partial charge in [0.1, 0.15) is 0 Å². The van der Waals surface area contributed by atoms with Gasteiger partial charge in [0, 0.05) is 55.2 Å². The fourth-order valence-electron chi connectivity index (χ4n) is 12.0. The Hall–Kier alpha value is -7.56. The van der Waals surface area contributed by atoms with Gasteiger partial charge in [0.2, 0.25) is 0 Å². The molecular formula is C68H64BN3. The summed E-state index contributed by atoms with van der Waals surface area (Å²) in [5.74, 6) is 0. The highest BCUT2D eigenvalue weighted by atomic mass is 15.2. The van der Waals surface area contributed by atoms with Crippen LogP contribution in [0.3, 0.4) is 0 Å². The van der Waals surface area contributed by atoms with Crippen LogP contribution < -0.4 is 31.1 Å². The highest BCUT2D eigenvalue weighted by Crippen LogP contribution is 2.53. The molecule has 2 heterocycles. The Balaban J connectivity index is 1.24. The molecule has 1 aliphatic carbocycles. The second kappa shape index (κ2) is 17.1. The molecule has 0 bridgehead atoms. The number of aryl methyl sites for hydroxylation is 2. The van der Waals surface area contributed by atoms with Crippen molar-refractivity contribution in [2.45, 2.75) is 91.3 Å². The van der Waals surface area contributed by atoms with Gasteiger partial charge in [0.05, 0.1) is 5.69 Å². The standard InChI is InChI=1S/C68H64BN3/c1-45-38-63-65-64(39-45)72(61-40-49(31-30-46(61)2)47-22-14-10-15-23-47)60-35-33-53(70(51-26-18-12-19-27-51)52-28-20-13-21-29-52)42-57(60)69(65)58-43-55-56(68(8,9)37-36-67(55,6)7)44-62(58)71(63)59-34-32-50(66(3,4)5)41-54(59)48-24-16-11-17-25-48/h10-35,38-44H,36-37H2,1-9H3/i1D3. The van der Waals surface area contributed by atoms with Crippen LogP contribution in [0.25, 0.3) is 22.3 Å². The lowest BCUT2D eigenvalue weighted by atomic mass is 9.33. The van der Waals surface area contributed by atoms with Crippen molar-refractivity contribution in [2.75, 3.05) is 14.7 Å². The molecule has 2 aliphatic heterocycles. The van der Waals surface area contributed by atoms with Crippen LogP contribution in [0.5, 0.6) is 0 Å². The first-order chi connectivity index (χ1) is 35.9. The zero-order chi connectivity index (χ0) is 52.2. The molecule has 0 unspecified atom stereocenters. The van der Waals surface area contributed by atoms with E-state index in [1.165, 1.54) is 22.2 Å². The highest BCUT2D eigenvalue weighted by Gasteiger charge is 2.47. The summed E-state index contributed by atoms with van der Waals surface area (Å²) >= 11 is 0. The molecule has 3 aliphatic rings. The van der Waals surface area contributed by atoms with Gasteiger partial charge < -0.3 is 14.7 Å². The first-order valence-corrected chi connectivity index (χ1v) is 25.8. The van der Waals surface area contributed by atoms with E-state index < -0.39 is 6.85 Å². The van der Waals surface area contributed by atoms with Crippen molar-refractivity contribution in [3.63, 3.8) is 0 Å². The summed E-state index contributed by atoms with van der Waals surface area (Å²) < 4.78 is 27.8. The number of fused-ring (bicyclic) bond motifs is 5. The first-order valence-electron chi connectivity index (χ1n) is 27.3. The predicted octanol–water partition coefficient (Wildman–Crippen LogP) is 16.8. The van der Waals surface area contributed by atoms with Gasteiger partial charge in [-0.15, -0.1) is 0 Å². The Labute approximate surface area is 432 Å². The minimum absolute atomic E-state index is 0.0831. The zero-order valence-corrected chi connectivity index (χ0v) is 42.9. The molecule has 3 nitrogen and oxygen atoms in total. The molecule has 0 saturated heterocycles. The number of anilines is 9. The second-order valence-electron chi connectivity index (χ2n) is 22.7. The minimum atomic E-state index is -2.42. The summed E-state index contributed by atoms with van der Waals surface area (Å²) in [5.41, 5.74) is 22.0. The van der Waals surface area contributed by atoms with E-state index in [0.717, 1.165) is 103 Å². The normalized spacial score (nSPS) is 15.8. The van der Waals surface area contributed by atoms with Crippen LogP contribution in [0.15, 0.2) is 200 Å². The fraction of sp³-hybridized carbons (Fsp3) is 0.206. The molecule has 0 atom stereocenters. The van der Waals surface area contributed by atoms with Crippen molar-refractivity contribution in [1.82, 2.24) is 0 Å². The third kappa shape index (κ3) is 7.57. The predicted molar refractivity (Wildman–Crippen MR) is 309 cm³/mol. The van der Waals surface area contributed by atoms with E-state index in [4.69, 9.17) is 0 Å². The maximum Gasteiger partial charge on any atom is 0.252 e. The van der Waals surface area contributed by atoms with Gasteiger partial charge in [-0.05, 0) is 183 Å². The Kier molecular flexibility index (Phi) is 9.98. The summed E-state index contributed by atoms with van der Waals surface area (Å²) in [4.78, 5) is 7.20. The van der Waals surface area contributed by atoms with Crippen LogP contribution in [0.1, 0.15) is 93.2 Å². The van der Waals surface area contributed by atoms with Crippen molar-refractivity contribution < 1.29 is 4.11 Å². The van der Waals surface area contributed by atoms with Gasteiger partial charge >= 0.3 is 0 Å². The SMILES string of the molecule is [2H]C([2H])([2H])c1cc2c3c(c1)N(c1ccc(C(C)(C)C)cc1-c1ccccc1)c1cc4c(cc1B3c1cc(N(c3ccccc3)c3ccccc3)ccc1N2c1cc(-c2ccccc2)ccc1C)C(C)(C)CCC4(C)C. The van der Waals surface area contributed by atoms with E-state index in [0.29, 0.717) is 5.56 Å². The number of nitrogens with zero attached hydrogens (tertiary/aromatic N) is 3. The van der Waals surface area contributed by atoms with Gasteiger partial charge in [-0.1, -0.05) is 170 Å². The van der Waals surface area contributed by atoms with E-state index in [2.05, 4.69) is 258 Å². The molecule has 0 radical (unpaired) electrons. The van der Waals surface area contributed by atoms with Crippen LogP contribution in [0.4, 0.5) is 51.2 Å². The number of para-hydroxylation sites is 2. The number of benzene rings is 9. The third-order valence-electron chi connectivity index (χ3n) is 16.1. The van der Waals surface area contributed by atoms with Gasteiger partial charge in [-0.25, -0.2) is 0 Å². The lowest BCUT2D eigenvalue weighted by molar-refractivity contribution is 0.332. The maximum atomic E-state index is 9.27. The van der Waals surface area contributed by atoms with Crippen LogP contribution in [0.2, 0.25) is 0 Å². The highest BCUT2D eigenvalue weighted by molar-refractivity contribution is 7.00. The van der Waals surface area contributed by atoms with Crippen LogP contribution in [0, 0.1) is 13.8 Å². The average Bonchev–Trinajstić information content (AvgIpc) is 3.40. The van der Waals surface area contributed by atoms with Gasteiger partial charge in [-0.3, -0.25) is 0 Å². The number of rotatable bonds is 7. The average molecular weight is 937 g/mol. The molecule has 72 heavy (non-hydrogen) atoms. The van der Waals surface area contributed by atoms with Gasteiger partial charge in [0.25, 0.3) is 6.71 Å². The lowest BCUT2D eigenvalue weighted by Crippen LogP contribution is -2.62. The molecule has 0 aromatic heterocycles. The summed E-state index contributed by atoms with van der Waals surface area (Å²) in [6.07, 6.45) is 2.14. The Morgan fingerprint density at radius 3 is 1.61 bits per heavy atom. The Bertz CT molecular complexity index is 3620. The molecule has 9 aromatic carbocycles. The third-order valence-corrected chi connectivity index (χ3v) is 16.1. The molecule has 0 N–H and O–H groups in total. The fourth-order valence-corrected chi connectivity index (χ4v) is 12.0. The van der Waals surface area contributed by atoms with E-state index in [-0.39, 0.29) is 23.0 Å². The van der Waals surface area contributed by atoms with Gasteiger partial charge in [0.15, 0.2) is 0 Å². The van der Waals surface area contributed by atoms with Crippen molar-refractivity contribution in [1.29, 1.82) is 0 Å². The molecule has 0 fully saturated rings. The van der Waals surface area contributed by atoms with Crippen molar-refractivity contribution >= 4 is 74.3 Å². The Morgan fingerprint density at radius 2 is 1.01 bits per heavy atom. The van der Waals surface area contributed by atoms with Crippen molar-refractivity contribution in [3.05, 3.63) is 228 Å². The van der Waals surface area contributed by atoms with E-state index in [9.17, 15) is 4.11 Å². The van der Waals surface area contributed by atoms with Gasteiger partial charge in [-0.2, -0.15) is 0 Å². The van der Waals surface area contributed by atoms with E-state index in [1.54, 1.807) is 0 Å².